The molecule has 0 heterocycles. The Labute approximate surface area is 120 Å². The number of rotatable bonds is 3. The molecule has 2 aromatic carbocycles. The lowest BCUT2D eigenvalue weighted by atomic mass is 9.93. The van der Waals surface area contributed by atoms with E-state index in [1.54, 1.807) is 0 Å². The lowest BCUT2D eigenvalue weighted by molar-refractivity contribution is 0.687. The van der Waals surface area contributed by atoms with Gasteiger partial charge in [-0.05, 0) is 56.1 Å². The molecule has 0 aliphatic carbocycles. The van der Waals surface area contributed by atoms with Crippen LogP contribution in [0.1, 0.15) is 33.9 Å². The standard InChI is InChI=1S/C17H20ClN/c1-11-5-7-13(3)15(9-11)17(19-4)14-8-6-12(2)10-16(14)18/h5-10,17,19H,1-4H3. The van der Waals surface area contributed by atoms with Crippen LogP contribution in [-0.4, -0.2) is 7.05 Å². The summed E-state index contributed by atoms with van der Waals surface area (Å²) in [6, 6.07) is 12.9. The quantitative estimate of drug-likeness (QED) is 0.863. The van der Waals surface area contributed by atoms with Crippen molar-refractivity contribution < 1.29 is 0 Å². The Morgan fingerprint density at radius 1 is 0.895 bits per heavy atom. The molecule has 0 fully saturated rings. The van der Waals surface area contributed by atoms with Crippen LogP contribution in [0.5, 0.6) is 0 Å². The van der Waals surface area contributed by atoms with Crippen LogP contribution in [0.2, 0.25) is 5.02 Å². The summed E-state index contributed by atoms with van der Waals surface area (Å²) >= 11 is 6.41. The molecule has 2 aromatic rings. The molecule has 1 N–H and O–H groups in total. The summed E-state index contributed by atoms with van der Waals surface area (Å²) in [7, 11) is 1.97. The number of nitrogens with one attached hydrogen (secondary N) is 1. The Morgan fingerprint density at radius 2 is 1.53 bits per heavy atom. The van der Waals surface area contributed by atoms with Gasteiger partial charge in [0.15, 0.2) is 0 Å². The van der Waals surface area contributed by atoms with Crippen molar-refractivity contribution in [2.45, 2.75) is 26.8 Å². The van der Waals surface area contributed by atoms with Gasteiger partial charge in [-0.1, -0.05) is 47.5 Å². The van der Waals surface area contributed by atoms with Crippen molar-refractivity contribution in [3.05, 3.63) is 69.2 Å². The van der Waals surface area contributed by atoms with Crippen LogP contribution in [0.3, 0.4) is 0 Å². The van der Waals surface area contributed by atoms with E-state index >= 15 is 0 Å². The van der Waals surface area contributed by atoms with Crippen molar-refractivity contribution in [3.63, 3.8) is 0 Å². The highest BCUT2D eigenvalue weighted by Crippen LogP contribution is 2.31. The summed E-state index contributed by atoms with van der Waals surface area (Å²) in [5.74, 6) is 0. The number of hydrogen-bond donors (Lipinski definition) is 1. The van der Waals surface area contributed by atoms with Crippen molar-refractivity contribution in [1.82, 2.24) is 5.32 Å². The summed E-state index contributed by atoms with van der Waals surface area (Å²) in [5.41, 5.74) is 6.15. The Morgan fingerprint density at radius 3 is 2.16 bits per heavy atom. The van der Waals surface area contributed by atoms with Gasteiger partial charge in [-0.25, -0.2) is 0 Å². The van der Waals surface area contributed by atoms with E-state index in [-0.39, 0.29) is 6.04 Å². The van der Waals surface area contributed by atoms with E-state index in [1.807, 2.05) is 13.1 Å². The van der Waals surface area contributed by atoms with E-state index < -0.39 is 0 Å². The van der Waals surface area contributed by atoms with Gasteiger partial charge in [0.1, 0.15) is 0 Å². The van der Waals surface area contributed by atoms with E-state index in [2.05, 4.69) is 56.4 Å². The monoisotopic (exact) mass is 273 g/mol. The van der Waals surface area contributed by atoms with Gasteiger partial charge in [0.25, 0.3) is 0 Å². The molecule has 0 bridgehead atoms. The highest BCUT2D eigenvalue weighted by atomic mass is 35.5. The molecule has 100 valence electrons. The highest BCUT2D eigenvalue weighted by Gasteiger charge is 2.17. The molecule has 0 amide bonds. The fourth-order valence-electron chi connectivity index (χ4n) is 2.42. The molecule has 0 aliphatic rings. The van der Waals surface area contributed by atoms with Gasteiger partial charge >= 0.3 is 0 Å². The average Bonchev–Trinajstić information content (AvgIpc) is 2.36. The lowest BCUT2D eigenvalue weighted by Gasteiger charge is -2.21. The Kier molecular flexibility index (Phi) is 4.28. The van der Waals surface area contributed by atoms with Crippen molar-refractivity contribution in [2.75, 3.05) is 7.05 Å². The molecule has 19 heavy (non-hydrogen) atoms. The van der Waals surface area contributed by atoms with E-state index in [0.29, 0.717) is 0 Å². The molecule has 2 heteroatoms. The summed E-state index contributed by atoms with van der Waals surface area (Å²) in [6.07, 6.45) is 0. The van der Waals surface area contributed by atoms with Crippen molar-refractivity contribution in [3.8, 4) is 0 Å². The molecule has 0 spiro atoms. The van der Waals surface area contributed by atoms with Gasteiger partial charge < -0.3 is 5.32 Å². The lowest BCUT2D eigenvalue weighted by Crippen LogP contribution is -2.19. The first kappa shape index (κ1) is 14.1. The largest absolute Gasteiger partial charge is 0.309 e. The first-order valence-electron chi connectivity index (χ1n) is 6.53. The first-order chi connectivity index (χ1) is 9.02. The first-order valence-corrected chi connectivity index (χ1v) is 6.91. The Balaban J connectivity index is 2.52. The van der Waals surface area contributed by atoms with Crippen molar-refractivity contribution in [2.24, 2.45) is 0 Å². The van der Waals surface area contributed by atoms with Crippen LogP contribution in [0.15, 0.2) is 36.4 Å². The minimum Gasteiger partial charge on any atom is -0.309 e. The Bertz CT molecular complexity index is 590. The minimum atomic E-state index is 0.132. The third-order valence-corrected chi connectivity index (χ3v) is 3.83. The average molecular weight is 274 g/mol. The Hall–Kier alpha value is -1.31. The van der Waals surface area contributed by atoms with Crippen LogP contribution in [-0.2, 0) is 0 Å². The van der Waals surface area contributed by atoms with Crippen LogP contribution in [0.25, 0.3) is 0 Å². The van der Waals surface area contributed by atoms with E-state index in [9.17, 15) is 0 Å². The molecular formula is C17H20ClN. The van der Waals surface area contributed by atoms with Crippen molar-refractivity contribution >= 4 is 11.6 Å². The number of aryl methyl sites for hydroxylation is 3. The molecule has 2 rings (SSSR count). The third-order valence-electron chi connectivity index (χ3n) is 3.50. The second-order valence-corrected chi connectivity index (χ2v) is 5.51. The molecule has 0 aliphatic heterocycles. The predicted molar refractivity (Wildman–Crippen MR) is 83.0 cm³/mol. The van der Waals surface area contributed by atoms with Crippen LogP contribution in [0.4, 0.5) is 0 Å². The summed E-state index contributed by atoms with van der Waals surface area (Å²) in [5, 5.41) is 4.20. The van der Waals surface area contributed by atoms with Gasteiger partial charge in [0.05, 0.1) is 6.04 Å². The summed E-state index contributed by atoms with van der Waals surface area (Å²) < 4.78 is 0. The molecular weight excluding hydrogens is 254 g/mol. The molecule has 0 saturated heterocycles. The van der Waals surface area contributed by atoms with Gasteiger partial charge in [0.2, 0.25) is 0 Å². The smallest absolute Gasteiger partial charge is 0.0591 e. The zero-order valence-electron chi connectivity index (χ0n) is 11.9. The van der Waals surface area contributed by atoms with E-state index in [0.717, 1.165) is 10.6 Å². The molecule has 1 atom stereocenters. The third kappa shape index (κ3) is 2.99. The van der Waals surface area contributed by atoms with Crippen LogP contribution >= 0.6 is 11.6 Å². The van der Waals surface area contributed by atoms with E-state index in [4.69, 9.17) is 11.6 Å². The molecule has 1 unspecified atom stereocenters. The zero-order chi connectivity index (χ0) is 14.0. The predicted octanol–water partition coefficient (Wildman–Crippen LogP) is 4.57. The topological polar surface area (TPSA) is 12.0 Å². The molecule has 0 aromatic heterocycles. The number of hydrogen-bond acceptors (Lipinski definition) is 1. The summed E-state index contributed by atoms with van der Waals surface area (Å²) in [6.45, 7) is 6.32. The van der Waals surface area contributed by atoms with Crippen molar-refractivity contribution in [1.29, 1.82) is 0 Å². The fourth-order valence-corrected chi connectivity index (χ4v) is 2.76. The molecule has 0 radical (unpaired) electrons. The van der Waals surface area contributed by atoms with Gasteiger partial charge in [-0.2, -0.15) is 0 Å². The number of benzene rings is 2. The van der Waals surface area contributed by atoms with Gasteiger partial charge in [-0.3, -0.25) is 0 Å². The maximum atomic E-state index is 6.41. The van der Waals surface area contributed by atoms with Gasteiger partial charge in [0, 0.05) is 5.02 Å². The van der Waals surface area contributed by atoms with Gasteiger partial charge in [-0.15, -0.1) is 0 Å². The zero-order valence-corrected chi connectivity index (χ0v) is 12.7. The van der Waals surface area contributed by atoms with Crippen LogP contribution < -0.4 is 5.32 Å². The maximum Gasteiger partial charge on any atom is 0.0591 e. The normalized spacial score (nSPS) is 12.5. The second kappa shape index (κ2) is 5.77. The number of halogens is 1. The summed E-state index contributed by atoms with van der Waals surface area (Å²) in [4.78, 5) is 0. The second-order valence-electron chi connectivity index (χ2n) is 5.11. The molecule has 1 nitrogen and oxygen atoms in total. The van der Waals surface area contributed by atoms with E-state index in [1.165, 1.54) is 22.3 Å². The molecule has 0 saturated carbocycles. The fraction of sp³-hybridized carbons (Fsp3) is 0.294. The maximum absolute atomic E-state index is 6.41. The minimum absolute atomic E-state index is 0.132. The van der Waals surface area contributed by atoms with Crippen LogP contribution in [0, 0.1) is 20.8 Å². The highest BCUT2D eigenvalue weighted by molar-refractivity contribution is 6.31. The SMILES string of the molecule is CNC(c1cc(C)ccc1C)c1ccc(C)cc1Cl.